The van der Waals surface area contributed by atoms with Crippen LogP contribution in [0, 0.1) is 5.82 Å². The topological polar surface area (TPSA) is 32.3 Å². The molecule has 0 spiro atoms. The van der Waals surface area contributed by atoms with Gasteiger partial charge < -0.3 is 10.2 Å². The second kappa shape index (κ2) is 5.66. The van der Waals surface area contributed by atoms with E-state index in [1.807, 2.05) is 18.2 Å². The normalized spacial score (nSPS) is 13.0. The van der Waals surface area contributed by atoms with Crippen molar-refractivity contribution in [1.29, 1.82) is 0 Å². The van der Waals surface area contributed by atoms with Crippen molar-refractivity contribution in [3.05, 3.63) is 70.5 Å². The Hall–Kier alpha value is -2.20. The van der Waals surface area contributed by atoms with Gasteiger partial charge in [-0.2, -0.15) is 0 Å². The zero-order valence-electron chi connectivity index (χ0n) is 11.9. The molecule has 0 bridgehead atoms. The monoisotopic (exact) mass is 284 g/mol. The van der Waals surface area contributed by atoms with E-state index in [-0.39, 0.29) is 11.7 Å². The van der Waals surface area contributed by atoms with Crippen LogP contribution in [0.1, 0.15) is 27.0 Å². The minimum absolute atomic E-state index is 0.0194. The molecule has 0 saturated carbocycles. The van der Waals surface area contributed by atoms with Gasteiger partial charge in [-0.25, -0.2) is 4.39 Å². The highest BCUT2D eigenvalue weighted by Gasteiger charge is 2.16. The third-order valence-electron chi connectivity index (χ3n) is 3.76. The summed E-state index contributed by atoms with van der Waals surface area (Å²) in [5.74, 6) is -0.284. The molecular formula is C17H17FN2O. The number of benzene rings is 2. The molecule has 1 aliphatic heterocycles. The first kappa shape index (κ1) is 13.8. The van der Waals surface area contributed by atoms with Crippen molar-refractivity contribution in [3.63, 3.8) is 0 Å². The van der Waals surface area contributed by atoms with E-state index in [0.29, 0.717) is 12.1 Å². The van der Waals surface area contributed by atoms with Gasteiger partial charge in [-0.1, -0.05) is 18.2 Å². The largest absolute Gasteiger partial charge is 0.337 e. The number of nitrogens with one attached hydrogen (secondary N) is 1. The lowest BCUT2D eigenvalue weighted by atomic mass is 10.1. The summed E-state index contributed by atoms with van der Waals surface area (Å²) in [6, 6.07) is 12.1. The van der Waals surface area contributed by atoms with Crippen molar-refractivity contribution in [3.8, 4) is 0 Å². The number of rotatable bonds is 3. The van der Waals surface area contributed by atoms with E-state index in [0.717, 1.165) is 18.7 Å². The van der Waals surface area contributed by atoms with Crippen molar-refractivity contribution >= 4 is 5.91 Å². The predicted molar refractivity (Wildman–Crippen MR) is 79.2 cm³/mol. The highest BCUT2D eigenvalue weighted by molar-refractivity contribution is 5.94. The summed E-state index contributed by atoms with van der Waals surface area (Å²) in [6.45, 7) is 2.15. The number of carbonyl (C=O) groups excluding carboxylic acids is 1. The predicted octanol–water partition coefficient (Wildman–Crippen LogP) is 2.70. The summed E-state index contributed by atoms with van der Waals surface area (Å²) < 4.78 is 12.9. The Morgan fingerprint density at radius 1 is 1.14 bits per heavy atom. The fourth-order valence-corrected chi connectivity index (χ4v) is 2.58. The molecule has 0 atom stereocenters. The number of fused-ring (bicyclic) bond motifs is 1. The fraction of sp³-hybridized carbons (Fsp3) is 0.235. The third kappa shape index (κ3) is 2.95. The molecule has 0 aromatic heterocycles. The first-order valence-corrected chi connectivity index (χ1v) is 6.96. The summed E-state index contributed by atoms with van der Waals surface area (Å²) in [7, 11) is 1.76. The van der Waals surface area contributed by atoms with E-state index in [1.165, 1.54) is 23.3 Å². The SMILES string of the molecule is CN(Cc1ccc(F)cc1)C(=O)c1ccc2c(c1)CNC2. The van der Waals surface area contributed by atoms with E-state index in [2.05, 4.69) is 5.32 Å². The Bertz CT molecular complexity index is 667. The Morgan fingerprint density at radius 3 is 2.62 bits per heavy atom. The number of nitrogens with zero attached hydrogens (tertiary/aromatic N) is 1. The van der Waals surface area contributed by atoms with Gasteiger partial charge in [0.2, 0.25) is 0 Å². The fourth-order valence-electron chi connectivity index (χ4n) is 2.58. The molecule has 2 aromatic carbocycles. The summed E-state index contributed by atoms with van der Waals surface area (Å²) >= 11 is 0. The molecule has 1 N–H and O–H groups in total. The average Bonchev–Trinajstić information content (AvgIpc) is 2.96. The molecule has 4 heteroatoms. The van der Waals surface area contributed by atoms with Crippen LogP contribution in [0.5, 0.6) is 0 Å². The molecule has 0 aliphatic carbocycles. The summed E-state index contributed by atoms with van der Waals surface area (Å²) in [4.78, 5) is 14.1. The quantitative estimate of drug-likeness (QED) is 0.940. The van der Waals surface area contributed by atoms with Gasteiger partial charge in [0.1, 0.15) is 5.82 Å². The lowest BCUT2D eigenvalue weighted by Crippen LogP contribution is -2.26. The minimum Gasteiger partial charge on any atom is -0.337 e. The van der Waals surface area contributed by atoms with Crippen molar-refractivity contribution < 1.29 is 9.18 Å². The molecule has 21 heavy (non-hydrogen) atoms. The van der Waals surface area contributed by atoms with Gasteiger partial charge in [-0.05, 0) is 41.0 Å². The summed E-state index contributed by atoms with van der Waals surface area (Å²) in [5.41, 5.74) is 4.06. The van der Waals surface area contributed by atoms with E-state index in [4.69, 9.17) is 0 Å². The van der Waals surface area contributed by atoms with Crippen LogP contribution in [0.4, 0.5) is 4.39 Å². The molecule has 0 fully saturated rings. The summed E-state index contributed by atoms with van der Waals surface area (Å²) in [5, 5.41) is 3.27. The minimum atomic E-state index is -0.265. The maximum absolute atomic E-state index is 12.9. The highest BCUT2D eigenvalue weighted by atomic mass is 19.1. The van der Waals surface area contributed by atoms with Crippen molar-refractivity contribution in [1.82, 2.24) is 10.2 Å². The van der Waals surface area contributed by atoms with Crippen LogP contribution in [0.3, 0.4) is 0 Å². The second-order valence-corrected chi connectivity index (χ2v) is 5.37. The Kier molecular flexibility index (Phi) is 3.71. The molecule has 2 aromatic rings. The molecule has 1 heterocycles. The highest BCUT2D eigenvalue weighted by Crippen LogP contribution is 2.18. The lowest BCUT2D eigenvalue weighted by Gasteiger charge is -2.18. The molecule has 3 nitrogen and oxygen atoms in total. The van der Waals surface area contributed by atoms with Crippen LogP contribution in [-0.2, 0) is 19.6 Å². The smallest absolute Gasteiger partial charge is 0.253 e. The van der Waals surface area contributed by atoms with Gasteiger partial charge in [0.05, 0.1) is 0 Å². The molecule has 0 unspecified atom stereocenters. The molecule has 3 rings (SSSR count). The lowest BCUT2D eigenvalue weighted by molar-refractivity contribution is 0.0785. The third-order valence-corrected chi connectivity index (χ3v) is 3.76. The first-order valence-electron chi connectivity index (χ1n) is 6.96. The standard InChI is InChI=1S/C17H17FN2O/c1-20(11-12-2-6-16(18)7-3-12)17(21)13-4-5-14-9-19-10-15(14)8-13/h2-8,19H,9-11H2,1H3. The van der Waals surface area contributed by atoms with Crippen molar-refractivity contribution in [2.45, 2.75) is 19.6 Å². The van der Waals surface area contributed by atoms with Gasteiger partial charge in [-0.3, -0.25) is 4.79 Å². The molecule has 0 radical (unpaired) electrons. The van der Waals surface area contributed by atoms with Gasteiger partial charge in [-0.15, -0.1) is 0 Å². The number of hydrogen-bond donors (Lipinski definition) is 1. The van der Waals surface area contributed by atoms with Crippen molar-refractivity contribution in [2.24, 2.45) is 0 Å². The molecule has 0 saturated heterocycles. The van der Waals surface area contributed by atoms with Crippen LogP contribution in [0.25, 0.3) is 0 Å². The van der Waals surface area contributed by atoms with E-state index in [9.17, 15) is 9.18 Å². The van der Waals surface area contributed by atoms with Crippen molar-refractivity contribution in [2.75, 3.05) is 7.05 Å². The zero-order valence-corrected chi connectivity index (χ0v) is 11.9. The van der Waals surface area contributed by atoms with Crippen LogP contribution < -0.4 is 5.32 Å². The number of halogens is 1. The zero-order chi connectivity index (χ0) is 14.8. The molecule has 1 aliphatic rings. The van der Waals surface area contributed by atoms with Gasteiger partial charge >= 0.3 is 0 Å². The number of hydrogen-bond acceptors (Lipinski definition) is 2. The van der Waals surface area contributed by atoms with Crippen LogP contribution >= 0.6 is 0 Å². The van der Waals surface area contributed by atoms with Crippen LogP contribution in [0.2, 0.25) is 0 Å². The van der Waals surface area contributed by atoms with Gasteiger partial charge in [0.25, 0.3) is 5.91 Å². The van der Waals surface area contributed by atoms with Crippen LogP contribution in [0.15, 0.2) is 42.5 Å². The van der Waals surface area contributed by atoms with Gasteiger partial charge in [0, 0.05) is 32.2 Å². The first-order chi connectivity index (χ1) is 10.1. The Morgan fingerprint density at radius 2 is 1.86 bits per heavy atom. The Balaban J connectivity index is 1.73. The molecular weight excluding hydrogens is 267 g/mol. The maximum atomic E-state index is 12.9. The molecule has 108 valence electrons. The number of carbonyl (C=O) groups is 1. The Labute approximate surface area is 123 Å². The molecule has 1 amide bonds. The maximum Gasteiger partial charge on any atom is 0.253 e. The average molecular weight is 284 g/mol. The van der Waals surface area contributed by atoms with Crippen LogP contribution in [-0.4, -0.2) is 17.9 Å². The van der Waals surface area contributed by atoms with E-state index >= 15 is 0 Å². The van der Waals surface area contributed by atoms with E-state index in [1.54, 1.807) is 24.1 Å². The number of amides is 1. The summed E-state index contributed by atoms with van der Waals surface area (Å²) in [6.07, 6.45) is 0. The second-order valence-electron chi connectivity index (χ2n) is 5.37. The van der Waals surface area contributed by atoms with Gasteiger partial charge in [0.15, 0.2) is 0 Å². The van der Waals surface area contributed by atoms with E-state index < -0.39 is 0 Å².